The fourth-order valence-corrected chi connectivity index (χ4v) is 3.15. The van der Waals surface area contributed by atoms with E-state index in [9.17, 15) is 9.18 Å². The van der Waals surface area contributed by atoms with Gasteiger partial charge in [0.15, 0.2) is 5.11 Å². The molecule has 1 aliphatic rings. The maximum atomic E-state index is 13.0. The van der Waals surface area contributed by atoms with Crippen molar-refractivity contribution in [3.05, 3.63) is 57.7 Å². The topological polar surface area (TPSA) is 32.3 Å². The van der Waals surface area contributed by atoms with Gasteiger partial charge in [-0.2, -0.15) is 0 Å². The second-order valence-corrected chi connectivity index (χ2v) is 6.26. The van der Waals surface area contributed by atoms with Crippen molar-refractivity contribution in [2.24, 2.45) is 0 Å². The molecule has 21 heavy (non-hydrogen) atoms. The van der Waals surface area contributed by atoms with Gasteiger partial charge in [0, 0.05) is 9.75 Å². The molecule has 0 saturated carbocycles. The summed E-state index contributed by atoms with van der Waals surface area (Å²) in [6.45, 7) is 2.01. The van der Waals surface area contributed by atoms with E-state index in [0.29, 0.717) is 16.5 Å². The predicted molar refractivity (Wildman–Crippen MR) is 86.7 cm³/mol. The molecule has 1 fully saturated rings. The molecule has 3 nitrogen and oxygen atoms in total. The molecule has 0 spiro atoms. The summed E-state index contributed by atoms with van der Waals surface area (Å²) in [6, 6.07) is 9.60. The van der Waals surface area contributed by atoms with Crippen LogP contribution in [0.15, 0.2) is 42.1 Å². The molecule has 0 bridgehead atoms. The van der Waals surface area contributed by atoms with Crippen LogP contribution in [0.4, 0.5) is 10.1 Å². The molecular weight excluding hydrogens is 307 g/mol. The lowest BCUT2D eigenvalue weighted by atomic mass is 10.2. The van der Waals surface area contributed by atoms with Crippen molar-refractivity contribution in [2.75, 3.05) is 4.90 Å². The molecule has 0 atom stereocenters. The number of halogens is 1. The Balaban J connectivity index is 1.92. The minimum atomic E-state index is -0.353. The lowest BCUT2D eigenvalue weighted by molar-refractivity contribution is -0.113. The Hall–Kier alpha value is -2.05. The summed E-state index contributed by atoms with van der Waals surface area (Å²) in [5, 5.41) is 3.20. The number of nitrogens with one attached hydrogen (secondary N) is 1. The average molecular weight is 318 g/mol. The minimum Gasteiger partial charge on any atom is -0.327 e. The Kier molecular flexibility index (Phi) is 3.57. The number of thiocarbonyl (C=S) groups is 1. The number of carbonyl (C=O) groups excluding carboxylic acids is 1. The third kappa shape index (κ3) is 2.72. The van der Waals surface area contributed by atoms with Crippen molar-refractivity contribution in [1.82, 2.24) is 5.32 Å². The number of rotatable bonds is 2. The van der Waals surface area contributed by atoms with Gasteiger partial charge in [0.1, 0.15) is 11.5 Å². The van der Waals surface area contributed by atoms with Gasteiger partial charge in [-0.25, -0.2) is 4.39 Å². The fraction of sp³-hybridized carbons (Fsp3) is 0.0667. The highest BCUT2D eigenvalue weighted by Crippen LogP contribution is 2.24. The van der Waals surface area contributed by atoms with Crippen LogP contribution in [0, 0.1) is 12.7 Å². The molecule has 2 aromatic rings. The number of aryl methyl sites for hydroxylation is 1. The number of hydrogen-bond acceptors (Lipinski definition) is 3. The zero-order valence-corrected chi connectivity index (χ0v) is 12.7. The van der Waals surface area contributed by atoms with E-state index in [2.05, 4.69) is 5.32 Å². The Morgan fingerprint density at radius 2 is 1.95 bits per heavy atom. The Morgan fingerprint density at radius 1 is 1.24 bits per heavy atom. The van der Waals surface area contributed by atoms with Crippen LogP contribution in [-0.2, 0) is 4.79 Å². The third-order valence-electron chi connectivity index (χ3n) is 3.01. The van der Waals surface area contributed by atoms with Crippen LogP contribution in [0.2, 0.25) is 0 Å². The monoisotopic (exact) mass is 318 g/mol. The molecule has 1 aliphatic heterocycles. The average Bonchev–Trinajstić information content (AvgIpc) is 2.96. The molecule has 1 N–H and O–H groups in total. The lowest BCUT2D eigenvalue weighted by Crippen LogP contribution is -2.30. The van der Waals surface area contributed by atoms with Gasteiger partial charge in [-0.1, -0.05) is 0 Å². The third-order valence-corrected chi connectivity index (χ3v) is 4.24. The molecule has 1 aromatic heterocycles. The number of nitrogens with zero attached hydrogens (tertiary/aromatic N) is 1. The highest BCUT2D eigenvalue weighted by atomic mass is 32.1. The van der Waals surface area contributed by atoms with E-state index >= 15 is 0 Å². The fourth-order valence-electron chi connectivity index (χ4n) is 2.03. The first kappa shape index (κ1) is 13.9. The van der Waals surface area contributed by atoms with Crippen molar-refractivity contribution < 1.29 is 9.18 Å². The first-order valence-corrected chi connectivity index (χ1v) is 7.46. The largest absolute Gasteiger partial charge is 0.327 e. The van der Waals surface area contributed by atoms with Gasteiger partial charge in [-0.3, -0.25) is 9.69 Å². The second-order valence-electron chi connectivity index (χ2n) is 4.55. The van der Waals surface area contributed by atoms with E-state index in [0.717, 1.165) is 4.88 Å². The quantitative estimate of drug-likeness (QED) is 0.680. The summed E-state index contributed by atoms with van der Waals surface area (Å²) < 4.78 is 13.0. The first-order chi connectivity index (χ1) is 10.0. The number of anilines is 1. The number of amides is 1. The number of thiophene rings is 1. The molecule has 1 saturated heterocycles. The molecule has 106 valence electrons. The van der Waals surface area contributed by atoms with Crippen LogP contribution in [0.25, 0.3) is 6.08 Å². The molecule has 1 aromatic carbocycles. The summed E-state index contributed by atoms with van der Waals surface area (Å²) in [5.41, 5.74) is 0.968. The maximum absolute atomic E-state index is 13.0. The van der Waals surface area contributed by atoms with E-state index in [4.69, 9.17) is 12.2 Å². The van der Waals surface area contributed by atoms with E-state index in [1.165, 1.54) is 34.0 Å². The van der Waals surface area contributed by atoms with Crippen LogP contribution < -0.4 is 10.2 Å². The lowest BCUT2D eigenvalue weighted by Gasteiger charge is -2.13. The highest BCUT2D eigenvalue weighted by molar-refractivity contribution is 7.80. The van der Waals surface area contributed by atoms with Crippen molar-refractivity contribution in [2.45, 2.75) is 6.92 Å². The molecule has 2 heterocycles. The summed E-state index contributed by atoms with van der Waals surface area (Å²) in [7, 11) is 0. The van der Waals surface area contributed by atoms with Gasteiger partial charge in [0.05, 0.1) is 5.69 Å². The molecule has 0 unspecified atom stereocenters. The molecule has 0 radical (unpaired) electrons. The molecule has 0 aliphatic carbocycles. The molecule has 3 rings (SSSR count). The molecule has 1 amide bonds. The SMILES string of the molecule is Cc1ccc(C=C2NC(=S)N(c3ccc(F)cc3)C2=O)s1. The normalized spacial score (nSPS) is 16.7. The number of hydrogen-bond donors (Lipinski definition) is 1. The standard InChI is InChI=1S/C15H11FN2OS2/c1-9-2-7-12(21-9)8-13-14(19)18(15(20)17-13)11-5-3-10(16)4-6-11/h2-8H,1H3,(H,17,20). The van der Waals surface area contributed by atoms with Crippen LogP contribution >= 0.6 is 23.6 Å². The zero-order valence-electron chi connectivity index (χ0n) is 11.1. The Labute approximate surface area is 130 Å². The van der Waals surface area contributed by atoms with E-state index in [1.54, 1.807) is 17.4 Å². The van der Waals surface area contributed by atoms with Gasteiger partial charge >= 0.3 is 0 Å². The summed E-state index contributed by atoms with van der Waals surface area (Å²) in [6.07, 6.45) is 1.77. The number of benzene rings is 1. The van der Waals surface area contributed by atoms with Crippen molar-refractivity contribution in [1.29, 1.82) is 0 Å². The van der Waals surface area contributed by atoms with E-state index in [-0.39, 0.29) is 11.7 Å². The second kappa shape index (κ2) is 5.38. The van der Waals surface area contributed by atoms with Crippen LogP contribution in [0.1, 0.15) is 9.75 Å². The molecular formula is C15H11FN2OS2. The van der Waals surface area contributed by atoms with Gasteiger partial charge in [0.2, 0.25) is 0 Å². The van der Waals surface area contributed by atoms with Crippen molar-refractivity contribution in [3.63, 3.8) is 0 Å². The van der Waals surface area contributed by atoms with Crippen LogP contribution in [-0.4, -0.2) is 11.0 Å². The van der Waals surface area contributed by atoms with Gasteiger partial charge < -0.3 is 5.32 Å². The summed E-state index contributed by atoms with van der Waals surface area (Å²) >= 11 is 6.79. The Bertz CT molecular complexity index is 749. The van der Waals surface area contributed by atoms with Crippen LogP contribution in [0.3, 0.4) is 0 Å². The van der Waals surface area contributed by atoms with E-state index in [1.807, 2.05) is 19.1 Å². The first-order valence-electron chi connectivity index (χ1n) is 6.24. The number of carbonyl (C=O) groups is 1. The van der Waals surface area contributed by atoms with E-state index < -0.39 is 0 Å². The maximum Gasteiger partial charge on any atom is 0.281 e. The summed E-state index contributed by atoms with van der Waals surface area (Å²) in [5.74, 6) is -0.591. The smallest absolute Gasteiger partial charge is 0.281 e. The Morgan fingerprint density at radius 3 is 2.57 bits per heavy atom. The van der Waals surface area contributed by atoms with Gasteiger partial charge in [-0.05, 0) is 61.6 Å². The molecule has 6 heteroatoms. The minimum absolute atomic E-state index is 0.238. The zero-order chi connectivity index (χ0) is 15.0. The van der Waals surface area contributed by atoms with Crippen molar-refractivity contribution in [3.8, 4) is 0 Å². The van der Waals surface area contributed by atoms with Crippen LogP contribution in [0.5, 0.6) is 0 Å². The van der Waals surface area contributed by atoms with Gasteiger partial charge in [0.25, 0.3) is 5.91 Å². The van der Waals surface area contributed by atoms with Crippen molar-refractivity contribution >= 4 is 46.3 Å². The predicted octanol–water partition coefficient (Wildman–Crippen LogP) is 3.46. The van der Waals surface area contributed by atoms with Gasteiger partial charge in [-0.15, -0.1) is 11.3 Å². The summed E-state index contributed by atoms with van der Waals surface area (Å²) in [4.78, 5) is 15.9. The highest BCUT2D eigenvalue weighted by Gasteiger charge is 2.31.